The Balaban J connectivity index is 3.45. The van der Waals surface area contributed by atoms with Gasteiger partial charge < -0.3 is 9.84 Å². The number of aromatic nitrogens is 1. The van der Waals surface area contributed by atoms with Crippen LogP contribution in [0.1, 0.15) is 22.3 Å². The molecule has 0 fully saturated rings. The molecular formula is C8H6ClF2NO3. The van der Waals surface area contributed by atoms with Crippen molar-refractivity contribution in [2.75, 3.05) is 7.11 Å². The van der Waals surface area contributed by atoms with Crippen LogP contribution in [0.3, 0.4) is 0 Å². The molecular weight excluding hydrogens is 232 g/mol. The molecule has 0 saturated heterocycles. The SMILES string of the molecule is COC(=O)c1c(O)cnc(Cl)c1C(F)F. The van der Waals surface area contributed by atoms with Gasteiger partial charge in [-0.05, 0) is 0 Å². The lowest BCUT2D eigenvalue weighted by Crippen LogP contribution is -2.08. The number of esters is 1. The van der Waals surface area contributed by atoms with Crippen LogP contribution >= 0.6 is 11.6 Å². The van der Waals surface area contributed by atoms with Gasteiger partial charge in [-0.1, -0.05) is 11.6 Å². The number of rotatable bonds is 2. The first-order chi connectivity index (χ1) is 6.99. The third-order valence-corrected chi connectivity index (χ3v) is 1.96. The van der Waals surface area contributed by atoms with Gasteiger partial charge in [0.25, 0.3) is 6.43 Å². The number of hydrogen-bond donors (Lipinski definition) is 1. The summed E-state index contributed by atoms with van der Waals surface area (Å²) in [5.41, 5.74) is -1.49. The number of nitrogens with zero attached hydrogens (tertiary/aromatic N) is 1. The molecule has 0 aliphatic rings. The maximum atomic E-state index is 12.5. The monoisotopic (exact) mass is 237 g/mol. The summed E-state index contributed by atoms with van der Waals surface area (Å²) in [6.45, 7) is 0. The van der Waals surface area contributed by atoms with Gasteiger partial charge in [0.2, 0.25) is 0 Å². The summed E-state index contributed by atoms with van der Waals surface area (Å²) in [6.07, 6.45) is -2.22. The predicted molar refractivity (Wildman–Crippen MR) is 47.2 cm³/mol. The summed E-state index contributed by atoms with van der Waals surface area (Å²) in [5.74, 6) is -1.78. The normalized spacial score (nSPS) is 10.5. The highest BCUT2D eigenvalue weighted by molar-refractivity contribution is 6.30. The minimum absolute atomic E-state index is 0.539. The van der Waals surface area contributed by atoms with Gasteiger partial charge in [0, 0.05) is 0 Å². The second-order valence-electron chi connectivity index (χ2n) is 2.52. The minimum Gasteiger partial charge on any atom is -0.505 e. The van der Waals surface area contributed by atoms with Crippen LogP contribution in [0.25, 0.3) is 0 Å². The van der Waals surface area contributed by atoms with E-state index in [0.717, 1.165) is 13.3 Å². The molecule has 0 aromatic carbocycles. The van der Waals surface area contributed by atoms with Gasteiger partial charge in [0.15, 0.2) is 0 Å². The molecule has 82 valence electrons. The van der Waals surface area contributed by atoms with E-state index >= 15 is 0 Å². The van der Waals surface area contributed by atoms with Crippen LogP contribution in [0.15, 0.2) is 6.20 Å². The van der Waals surface area contributed by atoms with E-state index in [4.69, 9.17) is 11.6 Å². The summed E-state index contributed by atoms with van der Waals surface area (Å²) in [5, 5.41) is 8.67. The maximum absolute atomic E-state index is 12.5. The number of ether oxygens (including phenoxy) is 1. The largest absolute Gasteiger partial charge is 0.505 e. The van der Waals surface area contributed by atoms with E-state index in [1.165, 1.54) is 0 Å². The summed E-state index contributed by atoms with van der Waals surface area (Å²) < 4.78 is 29.3. The third kappa shape index (κ3) is 2.15. The zero-order valence-electron chi connectivity index (χ0n) is 7.50. The Morgan fingerprint density at radius 2 is 2.27 bits per heavy atom. The number of hydrogen-bond acceptors (Lipinski definition) is 4. The minimum atomic E-state index is -3.02. The molecule has 1 heterocycles. The molecule has 1 aromatic heterocycles. The number of methoxy groups -OCH3 is 1. The fourth-order valence-electron chi connectivity index (χ4n) is 1.01. The molecule has 0 atom stereocenters. The van der Waals surface area contributed by atoms with Gasteiger partial charge in [-0.25, -0.2) is 18.6 Å². The molecule has 15 heavy (non-hydrogen) atoms. The maximum Gasteiger partial charge on any atom is 0.342 e. The number of carbonyl (C=O) groups excluding carboxylic acids is 1. The van der Waals surface area contributed by atoms with Crippen molar-refractivity contribution >= 4 is 17.6 Å². The molecule has 4 nitrogen and oxygen atoms in total. The second kappa shape index (κ2) is 4.39. The van der Waals surface area contributed by atoms with Crippen LogP contribution in [0.2, 0.25) is 5.15 Å². The van der Waals surface area contributed by atoms with Crippen molar-refractivity contribution < 1.29 is 23.4 Å². The van der Waals surface area contributed by atoms with E-state index in [9.17, 15) is 18.7 Å². The summed E-state index contributed by atoms with van der Waals surface area (Å²) in [7, 11) is 1.01. The lowest BCUT2D eigenvalue weighted by Gasteiger charge is -2.09. The molecule has 1 N–H and O–H groups in total. The first-order valence-corrected chi connectivity index (χ1v) is 4.10. The Morgan fingerprint density at radius 1 is 1.67 bits per heavy atom. The molecule has 1 rings (SSSR count). The van der Waals surface area contributed by atoms with E-state index < -0.39 is 34.4 Å². The Hall–Kier alpha value is -1.43. The summed E-state index contributed by atoms with van der Waals surface area (Å²) in [6, 6.07) is 0. The van der Waals surface area contributed by atoms with Crippen LogP contribution in [-0.2, 0) is 4.74 Å². The second-order valence-corrected chi connectivity index (χ2v) is 2.87. The van der Waals surface area contributed by atoms with Gasteiger partial charge in [-0.15, -0.1) is 0 Å². The van der Waals surface area contributed by atoms with Crippen LogP contribution < -0.4 is 0 Å². The zero-order chi connectivity index (χ0) is 11.6. The average molecular weight is 238 g/mol. The van der Waals surface area contributed by atoms with Crippen molar-refractivity contribution in [1.29, 1.82) is 0 Å². The molecule has 0 amide bonds. The average Bonchev–Trinajstić information content (AvgIpc) is 2.19. The van der Waals surface area contributed by atoms with Crippen LogP contribution in [-0.4, -0.2) is 23.2 Å². The van der Waals surface area contributed by atoms with E-state index in [2.05, 4.69) is 9.72 Å². The van der Waals surface area contributed by atoms with E-state index in [1.54, 1.807) is 0 Å². The highest BCUT2D eigenvalue weighted by atomic mass is 35.5. The van der Waals surface area contributed by atoms with E-state index in [0.29, 0.717) is 0 Å². The summed E-state index contributed by atoms with van der Waals surface area (Å²) >= 11 is 5.39. The number of aromatic hydroxyl groups is 1. The molecule has 0 radical (unpaired) electrons. The quantitative estimate of drug-likeness (QED) is 0.633. The van der Waals surface area contributed by atoms with Crippen LogP contribution in [0, 0.1) is 0 Å². The van der Waals surface area contributed by atoms with Gasteiger partial charge in [0.05, 0.1) is 18.9 Å². The van der Waals surface area contributed by atoms with Crippen molar-refractivity contribution in [3.05, 3.63) is 22.5 Å². The molecule has 0 aliphatic carbocycles. The fourth-order valence-corrected chi connectivity index (χ4v) is 1.23. The van der Waals surface area contributed by atoms with E-state index in [1.807, 2.05) is 0 Å². The number of halogens is 3. The molecule has 7 heteroatoms. The predicted octanol–water partition coefficient (Wildman–Crippen LogP) is 2.16. The Morgan fingerprint density at radius 3 is 2.73 bits per heavy atom. The van der Waals surface area contributed by atoms with Crippen molar-refractivity contribution in [1.82, 2.24) is 4.98 Å². The molecule has 0 bridgehead atoms. The summed E-state index contributed by atoms with van der Waals surface area (Å²) in [4.78, 5) is 14.4. The molecule has 0 saturated carbocycles. The van der Waals surface area contributed by atoms with E-state index in [-0.39, 0.29) is 0 Å². The van der Waals surface area contributed by atoms with Crippen LogP contribution in [0.4, 0.5) is 8.78 Å². The van der Waals surface area contributed by atoms with Crippen molar-refractivity contribution in [3.63, 3.8) is 0 Å². The number of carbonyl (C=O) groups is 1. The zero-order valence-corrected chi connectivity index (χ0v) is 8.26. The highest BCUT2D eigenvalue weighted by Gasteiger charge is 2.26. The third-order valence-electron chi connectivity index (χ3n) is 1.66. The Labute approximate surface area is 88.4 Å². The lowest BCUT2D eigenvalue weighted by atomic mass is 10.1. The Bertz CT molecular complexity index is 398. The lowest BCUT2D eigenvalue weighted by molar-refractivity contribution is 0.0585. The van der Waals surface area contributed by atoms with Gasteiger partial charge in [0.1, 0.15) is 16.5 Å². The van der Waals surface area contributed by atoms with Crippen molar-refractivity contribution in [2.45, 2.75) is 6.43 Å². The van der Waals surface area contributed by atoms with Gasteiger partial charge >= 0.3 is 5.97 Å². The first-order valence-electron chi connectivity index (χ1n) is 3.72. The van der Waals surface area contributed by atoms with Crippen LogP contribution in [0.5, 0.6) is 5.75 Å². The Kier molecular flexibility index (Phi) is 3.41. The number of pyridine rings is 1. The molecule has 0 unspecified atom stereocenters. The molecule has 0 aliphatic heterocycles. The highest BCUT2D eigenvalue weighted by Crippen LogP contribution is 2.33. The molecule has 0 spiro atoms. The van der Waals surface area contributed by atoms with Gasteiger partial charge in [-0.2, -0.15) is 0 Å². The number of alkyl halides is 2. The smallest absolute Gasteiger partial charge is 0.342 e. The topological polar surface area (TPSA) is 59.4 Å². The van der Waals surface area contributed by atoms with Crippen molar-refractivity contribution in [3.8, 4) is 5.75 Å². The van der Waals surface area contributed by atoms with Crippen molar-refractivity contribution in [2.24, 2.45) is 0 Å². The van der Waals surface area contributed by atoms with Gasteiger partial charge in [-0.3, -0.25) is 0 Å². The fraction of sp³-hybridized carbons (Fsp3) is 0.250. The standard InChI is InChI=1S/C8H6ClF2NO3/c1-15-8(14)4-3(13)2-12-6(9)5(4)7(10)11/h2,7,13H,1H3. The first kappa shape index (κ1) is 11.6. The molecule has 1 aromatic rings.